The molecule has 0 unspecified atom stereocenters. The Kier molecular flexibility index (Phi) is 5.43. The van der Waals surface area contributed by atoms with Crippen molar-refractivity contribution < 1.29 is 4.79 Å². The molecule has 0 aliphatic carbocycles. The second-order valence-electron chi connectivity index (χ2n) is 5.96. The maximum Gasteiger partial charge on any atom is 0.277 e. The number of rotatable bonds is 5. The van der Waals surface area contributed by atoms with E-state index in [1.165, 1.54) is 6.33 Å². The number of anilines is 3. The van der Waals surface area contributed by atoms with E-state index in [0.717, 1.165) is 11.3 Å². The number of aromatic nitrogens is 2. The van der Waals surface area contributed by atoms with Gasteiger partial charge in [-0.3, -0.25) is 4.79 Å². The summed E-state index contributed by atoms with van der Waals surface area (Å²) in [5.74, 6) is 0.249. The molecule has 1 N–H and O–H groups in total. The lowest BCUT2D eigenvalue weighted by Crippen LogP contribution is -2.31. The van der Waals surface area contributed by atoms with Crippen LogP contribution in [0.25, 0.3) is 0 Å². The maximum absolute atomic E-state index is 13.0. The first-order valence-electron chi connectivity index (χ1n) is 8.59. The summed E-state index contributed by atoms with van der Waals surface area (Å²) in [6.07, 6.45) is 1.34. The fourth-order valence-electron chi connectivity index (χ4n) is 2.75. The number of para-hydroxylation sites is 1. The fourth-order valence-corrected chi connectivity index (χ4v) is 2.75. The number of carbonyl (C=O) groups excluding carboxylic acids is 1. The van der Waals surface area contributed by atoms with Crippen LogP contribution in [0.3, 0.4) is 0 Å². The average molecular weight is 357 g/mol. The highest BCUT2D eigenvalue weighted by Crippen LogP contribution is 2.21. The van der Waals surface area contributed by atoms with Gasteiger partial charge in [0.2, 0.25) is 0 Å². The molecule has 134 valence electrons. The molecular formula is C21H19N5O. The first-order valence-corrected chi connectivity index (χ1v) is 8.59. The van der Waals surface area contributed by atoms with Gasteiger partial charge in [-0.15, -0.1) is 0 Å². The molecular weight excluding hydrogens is 338 g/mol. The topological polar surface area (TPSA) is 81.9 Å². The van der Waals surface area contributed by atoms with E-state index in [2.05, 4.69) is 21.4 Å². The molecule has 0 saturated carbocycles. The normalized spacial score (nSPS) is 10.1. The zero-order valence-corrected chi connectivity index (χ0v) is 15.2. The van der Waals surface area contributed by atoms with E-state index in [4.69, 9.17) is 0 Å². The number of carbonyl (C=O) groups is 1. The second kappa shape index (κ2) is 8.11. The predicted molar refractivity (Wildman–Crippen MR) is 105 cm³/mol. The quantitative estimate of drug-likeness (QED) is 0.744. The maximum atomic E-state index is 13.0. The lowest BCUT2D eigenvalue weighted by Gasteiger charge is -2.21. The molecule has 0 radical (unpaired) electrons. The Morgan fingerprint density at radius 3 is 2.70 bits per heavy atom. The van der Waals surface area contributed by atoms with Crippen LogP contribution < -0.4 is 10.2 Å². The first-order chi connectivity index (χ1) is 13.1. The minimum absolute atomic E-state index is 0.206. The molecule has 0 saturated heterocycles. The third-order valence-corrected chi connectivity index (χ3v) is 4.07. The van der Waals surface area contributed by atoms with Gasteiger partial charge in [-0.2, -0.15) is 5.26 Å². The van der Waals surface area contributed by atoms with Gasteiger partial charge in [0.05, 0.1) is 11.3 Å². The number of nitriles is 1. The lowest BCUT2D eigenvalue weighted by molar-refractivity contribution is 0.0983. The minimum Gasteiger partial charge on any atom is -0.339 e. The van der Waals surface area contributed by atoms with Gasteiger partial charge >= 0.3 is 0 Å². The van der Waals surface area contributed by atoms with E-state index in [-0.39, 0.29) is 11.6 Å². The van der Waals surface area contributed by atoms with Crippen molar-refractivity contribution >= 4 is 23.1 Å². The molecule has 0 bridgehead atoms. The van der Waals surface area contributed by atoms with E-state index in [1.807, 2.05) is 44.2 Å². The van der Waals surface area contributed by atoms with E-state index in [0.29, 0.717) is 23.6 Å². The molecule has 1 aromatic heterocycles. The summed E-state index contributed by atoms with van der Waals surface area (Å²) in [5.41, 5.74) is 3.31. The Morgan fingerprint density at radius 2 is 1.96 bits per heavy atom. The molecule has 0 atom stereocenters. The molecule has 27 heavy (non-hydrogen) atoms. The number of nitrogens with zero attached hydrogens (tertiary/aromatic N) is 4. The number of aryl methyl sites for hydroxylation is 1. The van der Waals surface area contributed by atoms with E-state index in [1.54, 1.807) is 29.2 Å². The molecule has 1 amide bonds. The molecule has 0 aliphatic heterocycles. The van der Waals surface area contributed by atoms with Crippen LogP contribution >= 0.6 is 0 Å². The van der Waals surface area contributed by atoms with Crippen LogP contribution in [0, 0.1) is 18.3 Å². The second-order valence-corrected chi connectivity index (χ2v) is 5.96. The highest BCUT2D eigenvalue weighted by atomic mass is 16.2. The Labute approximate surface area is 158 Å². The van der Waals surface area contributed by atoms with Gasteiger partial charge in [-0.1, -0.05) is 24.3 Å². The van der Waals surface area contributed by atoms with Gasteiger partial charge in [0.15, 0.2) is 0 Å². The van der Waals surface area contributed by atoms with Gasteiger partial charge < -0.3 is 10.2 Å². The smallest absolute Gasteiger partial charge is 0.277 e. The molecule has 1 heterocycles. The molecule has 0 fully saturated rings. The number of hydrogen-bond donors (Lipinski definition) is 1. The van der Waals surface area contributed by atoms with Crippen molar-refractivity contribution in [1.29, 1.82) is 5.26 Å². The Hall–Kier alpha value is -3.72. The standard InChI is InChI=1S/C21H19N5O/c1-3-26(17-9-6-7-15(2)11-17)21(27)19-12-20(24-14-23-19)25-18-10-5-4-8-16(18)13-22/h4-12,14H,3H2,1-2H3,(H,23,24,25). The molecule has 3 rings (SSSR count). The van der Waals surface area contributed by atoms with Crippen molar-refractivity contribution in [2.24, 2.45) is 0 Å². The van der Waals surface area contributed by atoms with E-state index >= 15 is 0 Å². The third kappa shape index (κ3) is 4.10. The predicted octanol–water partition coefficient (Wildman–Crippen LogP) is 4.07. The minimum atomic E-state index is -0.206. The Bertz CT molecular complexity index is 1010. The van der Waals surface area contributed by atoms with Crippen molar-refractivity contribution in [2.75, 3.05) is 16.8 Å². The average Bonchev–Trinajstić information content (AvgIpc) is 2.69. The zero-order chi connectivity index (χ0) is 19.2. The number of nitrogens with one attached hydrogen (secondary N) is 1. The number of benzene rings is 2. The van der Waals surface area contributed by atoms with Crippen LogP contribution in [0.1, 0.15) is 28.5 Å². The number of hydrogen-bond acceptors (Lipinski definition) is 5. The SMILES string of the molecule is CCN(C(=O)c1cc(Nc2ccccc2C#N)ncn1)c1cccc(C)c1. The summed E-state index contributed by atoms with van der Waals surface area (Å²) >= 11 is 0. The summed E-state index contributed by atoms with van der Waals surface area (Å²) in [6, 6.07) is 18.6. The highest BCUT2D eigenvalue weighted by Gasteiger charge is 2.18. The monoisotopic (exact) mass is 357 g/mol. The lowest BCUT2D eigenvalue weighted by atomic mass is 10.2. The summed E-state index contributed by atoms with van der Waals surface area (Å²) in [5, 5.41) is 12.3. The van der Waals surface area contributed by atoms with Crippen LogP contribution in [0.5, 0.6) is 0 Å². The van der Waals surface area contributed by atoms with Gasteiger partial charge in [0.25, 0.3) is 5.91 Å². The van der Waals surface area contributed by atoms with Crippen molar-refractivity contribution in [1.82, 2.24) is 9.97 Å². The van der Waals surface area contributed by atoms with Gasteiger partial charge in [0, 0.05) is 18.3 Å². The summed E-state index contributed by atoms with van der Waals surface area (Å²) < 4.78 is 0. The van der Waals surface area contributed by atoms with Crippen LogP contribution in [-0.4, -0.2) is 22.4 Å². The molecule has 0 aliphatic rings. The van der Waals surface area contributed by atoms with Gasteiger partial charge in [-0.05, 0) is 43.7 Å². The van der Waals surface area contributed by atoms with E-state index in [9.17, 15) is 10.1 Å². The van der Waals surface area contributed by atoms with Crippen LogP contribution in [0.15, 0.2) is 60.9 Å². The highest BCUT2D eigenvalue weighted by molar-refractivity contribution is 6.05. The Balaban J connectivity index is 1.88. The summed E-state index contributed by atoms with van der Waals surface area (Å²) in [6.45, 7) is 4.43. The summed E-state index contributed by atoms with van der Waals surface area (Å²) in [7, 11) is 0. The molecule has 6 nitrogen and oxygen atoms in total. The van der Waals surface area contributed by atoms with Crippen LogP contribution in [0.4, 0.5) is 17.2 Å². The van der Waals surface area contributed by atoms with Crippen LogP contribution in [0.2, 0.25) is 0 Å². The van der Waals surface area contributed by atoms with Crippen molar-refractivity contribution in [3.8, 4) is 6.07 Å². The van der Waals surface area contributed by atoms with Gasteiger partial charge in [-0.25, -0.2) is 9.97 Å². The van der Waals surface area contributed by atoms with Crippen molar-refractivity contribution in [3.05, 3.63) is 77.7 Å². The van der Waals surface area contributed by atoms with E-state index < -0.39 is 0 Å². The molecule has 3 aromatic rings. The zero-order valence-electron chi connectivity index (χ0n) is 15.2. The first kappa shape index (κ1) is 18.1. The Morgan fingerprint density at radius 1 is 1.15 bits per heavy atom. The van der Waals surface area contributed by atoms with Gasteiger partial charge in [0.1, 0.15) is 23.9 Å². The third-order valence-electron chi connectivity index (χ3n) is 4.07. The molecule has 6 heteroatoms. The van der Waals surface area contributed by atoms with Crippen molar-refractivity contribution in [3.63, 3.8) is 0 Å². The fraction of sp³-hybridized carbons (Fsp3) is 0.143. The van der Waals surface area contributed by atoms with Crippen LogP contribution in [-0.2, 0) is 0 Å². The largest absolute Gasteiger partial charge is 0.339 e. The molecule has 0 spiro atoms. The summed E-state index contributed by atoms with van der Waals surface area (Å²) in [4.78, 5) is 22.9. The molecule has 2 aromatic carbocycles. The number of amides is 1. The van der Waals surface area contributed by atoms with Crippen molar-refractivity contribution in [2.45, 2.75) is 13.8 Å².